The van der Waals surface area contributed by atoms with Crippen molar-refractivity contribution < 1.29 is 14.3 Å². The van der Waals surface area contributed by atoms with Gasteiger partial charge in [0, 0.05) is 44.2 Å². The van der Waals surface area contributed by atoms with E-state index in [1.165, 1.54) is 5.01 Å². The molecule has 0 saturated carbocycles. The summed E-state index contributed by atoms with van der Waals surface area (Å²) < 4.78 is 10.6. The van der Waals surface area contributed by atoms with E-state index in [1.54, 1.807) is 43.8 Å². The van der Waals surface area contributed by atoms with Crippen LogP contribution in [0.3, 0.4) is 0 Å². The number of amides is 1. The van der Waals surface area contributed by atoms with Crippen LogP contribution >= 0.6 is 11.3 Å². The third-order valence-electron chi connectivity index (χ3n) is 4.59. The molecule has 1 aliphatic rings. The second-order valence-corrected chi connectivity index (χ2v) is 7.16. The smallest absolute Gasteiger partial charge is 0.257 e. The Labute approximate surface area is 158 Å². The highest BCUT2D eigenvalue weighted by Crippen LogP contribution is 2.26. The van der Waals surface area contributed by atoms with Gasteiger partial charge < -0.3 is 14.4 Å². The number of aryl methyl sites for hydroxylation is 1. The maximum absolute atomic E-state index is 12.9. The second kappa shape index (κ2) is 8.51. The van der Waals surface area contributed by atoms with Gasteiger partial charge in [0.25, 0.3) is 5.91 Å². The quantitative estimate of drug-likeness (QED) is 0.777. The minimum Gasteiger partial charge on any atom is -0.497 e. The Kier molecular flexibility index (Phi) is 6.11. The van der Waals surface area contributed by atoms with E-state index in [9.17, 15) is 4.79 Å². The van der Waals surface area contributed by atoms with Crippen LogP contribution in [0.1, 0.15) is 28.0 Å². The molecule has 1 aromatic heterocycles. The molecule has 6 nitrogen and oxygen atoms in total. The zero-order valence-corrected chi connectivity index (χ0v) is 16.3. The summed E-state index contributed by atoms with van der Waals surface area (Å²) in [5.41, 5.74) is 1.71. The van der Waals surface area contributed by atoms with E-state index in [-0.39, 0.29) is 5.91 Å². The van der Waals surface area contributed by atoms with Crippen LogP contribution in [0.5, 0.6) is 11.5 Å². The summed E-state index contributed by atoms with van der Waals surface area (Å²) in [5.74, 6) is 1.23. The van der Waals surface area contributed by atoms with Gasteiger partial charge in [-0.2, -0.15) is 0 Å². The first-order valence-corrected chi connectivity index (χ1v) is 9.69. The second-order valence-electron chi connectivity index (χ2n) is 6.22. The van der Waals surface area contributed by atoms with Crippen molar-refractivity contribution in [3.05, 3.63) is 39.8 Å². The molecule has 1 saturated heterocycles. The molecule has 1 aliphatic heterocycles. The molecule has 2 heterocycles. The number of hydrogen-bond acceptors (Lipinski definition) is 6. The number of carbonyl (C=O) groups excluding carboxylic acids is 1. The number of benzene rings is 1. The van der Waals surface area contributed by atoms with Crippen molar-refractivity contribution in [1.29, 1.82) is 0 Å². The topological polar surface area (TPSA) is 54.9 Å². The maximum Gasteiger partial charge on any atom is 0.257 e. The molecule has 0 atom stereocenters. The van der Waals surface area contributed by atoms with Crippen LogP contribution in [-0.4, -0.2) is 61.1 Å². The lowest BCUT2D eigenvalue weighted by atomic mass is 10.1. The molecular formula is C19H25N3O3S. The number of ether oxygens (including phenoxy) is 2. The SMILES string of the molecule is CCc1nc(CN2CCN(C(=O)c3ccc(OC)cc3OC)CC2)cs1. The fourth-order valence-corrected chi connectivity index (χ4v) is 3.80. The van der Waals surface area contributed by atoms with E-state index in [1.807, 2.05) is 4.90 Å². The van der Waals surface area contributed by atoms with Crippen LogP contribution in [-0.2, 0) is 13.0 Å². The number of nitrogens with zero attached hydrogens (tertiary/aromatic N) is 3. The molecule has 0 aliphatic carbocycles. The van der Waals surface area contributed by atoms with Crippen molar-refractivity contribution in [1.82, 2.24) is 14.8 Å². The Bertz CT molecular complexity index is 754. The molecule has 140 valence electrons. The molecule has 3 rings (SSSR count). The predicted molar refractivity (Wildman–Crippen MR) is 102 cm³/mol. The standard InChI is InChI=1S/C19H25N3O3S/c1-4-18-20-14(13-26-18)12-21-7-9-22(10-8-21)19(23)16-6-5-15(24-2)11-17(16)25-3/h5-6,11,13H,4,7-10,12H2,1-3H3. The zero-order chi connectivity index (χ0) is 18.5. The Morgan fingerprint density at radius 1 is 1.19 bits per heavy atom. The van der Waals surface area contributed by atoms with Gasteiger partial charge in [0.05, 0.1) is 30.5 Å². The highest BCUT2D eigenvalue weighted by molar-refractivity contribution is 7.09. The number of rotatable bonds is 6. The van der Waals surface area contributed by atoms with Crippen LogP contribution in [0.15, 0.2) is 23.6 Å². The number of piperazine rings is 1. The molecular weight excluding hydrogens is 350 g/mol. The highest BCUT2D eigenvalue weighted by Gasteiger charge is 2.25. The summed E-state index contributed by atoms with van der Waals surface area (Å²) in [7, 11) is 3.17. The lowest BCUT2D eigenvalue weighted by Gasteiger charge is -2.34. The Balaban J connectivity index is 1.60. The van der Waals surface area contributed by atoms with E-state index in [4.69, 9.17) is 9.47 Å². The normalized spacial score (nSPS) is 15.1. The third kappa shape index (κ3) is 4.16. The molecule has 0 unspecified atom stereocenters. The van der Waals surface area contributed by atoms with Crippen molar-refractivity contribution >= 4 is 17.2 Å². The molecule has 26 heavy (non-hydrogen) atoms. The van der Waals surface area contributed by atoms with Crippen LogP contribution in [0, 0.1) is 0 Å². The minimum absolute atomic E-state index is 0.00563. The first-order valence-electron chi connectivity index (χ1n) is 8.81. The van der Waals surface area contributed by atoms with Gasteiger partial charge >= 0.3 is 0 Å². The van der Waals surface area contributed by atoms with E-state index in [0.29, 0.717) is 30.2 Å². The third-order valence-corrected chi connectivity index (χ3v) is 5.63. The molecule has 1 fully saturated rings. The van der Waals surface area contributed by atoms with Gasteiger partial charge in [0.2, 0.25) is 0 Å². The predicted octanol–water partition coefficient (Wildman–Crippen LogP) is 2.68. The summed E-state index contributed by atoms with van der Waals surface area (Å²) in [6.07, 6.45) is 0.983. The largest absolute Gasteiger partial charge is 0.497 e. The molecule has 0 N–H and O–H groups in total. The fourth-order valence-electron chi connectivity index (χ4n) is 3.07. The van der Waals surface area contributed by atoms with Gasteiger partial charge in [-0.3, -0.25) is 9.69 Å². The van der Waals surface area contributed by atoms with Gasteiger partial charge in [0.15, 0.2) is 0 Å². The summed E-state index contributed by atoms with van der Waals surface area (Å²) in [5, 5.41) is 3.32. The van der Waals surface area contributed by atoms with E-state index in [0.717, 1.165) is 31.7 Å². The summed E-state index contributed by atoms with van der Waals surface area (Å²) in [4.78, 5) is 21.7. The maximum atomic E-state index is 12.9. The summed E-state index contributed by atoms with van der Waals surface area (Å²) >= 11 is 1.72. The average molecular weight is 375 g/mol. The number of carbonyl (C=O) groups is 1. The van der Waals surface area contributed by atoms with Crippen LogP contribution in [0.2, 0.25) is 0 Å². The lowest BCUT2D eigenvalue weighted by molar-refractivity contribution is 0.0624. The average Bonchev–Trinajstić information content (AvgIpc) is 3.15. The summed E-state index contributed by atoms with van der Waals surface area (Å²) in [6, 6.07) is 5.31. The first-order chi connectivity index (χ1) is 12.6. The Hall–Kier alpha value is -2.12. The van der Waals surface area contributed by atoms with E-state index in [2.05, 4.69) is 22.2 Å². The molecule has 0 radical (unpaired) electrons. The molecule has 0 bridgehead atoms. The summed E-state index contributed by atoms with van der Waals surface area (Å²) in [6.45, 7) is 6.09. The molecule has 7 heteroatoms. The number of thiazole rings is 1. The molecule has 0 spiro atoms. The van der Waals surface area contributed by atoms with Gasteiger partial charge in [-0.05, 0) is 18.6 Å². The Morgan fingerprint density at radius 2 is 1.96 bits per heavy atom. The lowest BCUT2D eigenvalue weighted by Crippen LogP contribution is -2.48. The van der Waals surface area contributed by atoms with Gasteiger partial charge in [-0.25, -0.2) is 4.98 Å². The fraction of sp³-hybridized carbons (Fsp3) is 0.474. The van der Waals surface area contributed by atoms with Crippen molar-refractivity contribution in [3.63, 3.8) is 0 Å². The van der Waals surface area contributed by atoms with Crippen LogP contribution in [0.25, 0.3) is 0 Å². The van der Waals surface area contributed by atoms with Crippen molar-refractivity contribution in [2.24, 2.45) is 0 Å². The van der Waals surface area contributed by atoms with Gasteiger partial charge in [-0.15, -0.1) is 11.3 Å². The molecule has 2 aromatic rings. The van der Waals surface area contributed by atoms with Crippen LogP contribution < -0.4 is 9.47 Å². The number of hydrogen-bond donors (Lipinski definition) is 0. The van der Waals surface area contributed by atoms with Crippen molar-refractivity contribution in [3.8, 4) is 11.5 Å². The monoisotopic (exact) mass is 375 g/mol. The van der Waals surface area contributed by atoms with Gasteiger partial charge in [0.1, 0.15) is 11.5 Å². The number of methoxy groups -OCH3 is 2. The first kappa shape index (κ1) is 18.7. The minimum atomic E-state index is 0.00563. The van der Waals surface area contributed by atoms with Crippen LogP contribution in [0.4, 0.5) is 0 Å². The van der Waals surface area contributed by atoms with E-state index < -0.39 is 0 Å². The van der Waals surface area contributed by atoms with E-state index >= 15 is 0 Å². The molecule has 1 amide bonds. The zero-order valence-electron chi connectivity index (χ0n) is 15.5. The van der Waals surface area contributed by atoms with Crippen molar-refractivity contribution in [2.45, 2.75) is 19.9 Å². The molecule has 1 aromatic carbocycles. The highest BCUT2D eigenvalue weighted by atomic mass is 32.1. The van der Waals surface area contributed by atoms with Gasteiger partial charge in [-0.1, -0.05) is 6.92 Å². The van der Waals surface area contributed by atoms with Crippen molar-refractivity contribution in [2.75, 3.05) is 40.4 Å². The number of aromatic nitrogens is 1. The Morgan fingerprint density at radius 3 is 2.58 bits per heavy atom.